The molecular formula is C18H15ClN6O. The van der Waals surface area contributed by atoms with Crippen LogP contribution in [0.2, 0.25) is 5.02 Å². The molecule has 2 N–H and O–H groups in total. The van der Waals surface area contributed by atoms with Crippen LogP contribution in [0.15, 0.2) is 66.3 Å². The number of halogens is 1. The summed E-state index contributed by atoms with van der Waals surface area (Å²) in [5, 5.41) is 10.8. The van der Waals surface area contributed by atoms with Gasteiger partial charge in [0.2, 0.25) is 5.95 Å². The third-order valence-electron chi connectivity index (χ3n) is 4.15. The van der Waals surface area contributed by atoms with E-state index in [1.54, 1.807) is 29.1 Å². The van der Waals surface area contributed by atoms with Crippen LogP contribution in [0.4, 0.5) is 11.8 Å². The molecule has 0 radical (unpaired) electrons. The average molecular weight is 367 g/mol. The first kappa shape index (κ1) is 16.3. The Balaban J connectivity index is 1.80. The van der Waals surface area contributed by atoms with Crippen LogP contribution in [0.3, 0.4) is 0 Å². The Morgan fingerprint density at radius 1 is 1.19 bits per heavy atom. The van der Waals surface area contributed by atoms with Crippen LogP contribution < -0.4 is 10.6 Å². The zero-order chi connectivity index (χ0) is 18.1. The van der Waals surface area contributed by atoms with Crippen molar-refractivity contribution in [2.24, 2.45) is 0 Å². The maximum absolute atomic E-state index is 13.1. The molecule has 0 spiro atoms. The van der Waals surface area contributed by atoms with E-state index >= 15 is 0 Å². The molecule has 8 heteroatoms. The molecule has 3 heterocycles. The standard InChI is InChI=1S/C18H15ClN6O/c1-11-15(17(26)24-14-8-4-5-9-20-14)16(12-6-2-3-7-13(12)19)25-18(23-11)21-10-22-25/h2-10,16H,1H3,(H,20,24,26)(H,21,22,23)/t16-/m1/s1. The van der Waals surface area contributed by atoms with Crippen LogP contribution in [0.5, 0.6) is 0 Å². The Labute approximate surface area is 154 Å². The van der Waals surface area contributed by atoms with Crippen LogP contribution in [0, 0.1) is 0 Å². The first-order chi connectivity index (χ1) is 12.6. The number of amides is 1. The molecule has 2 aromatic heterocycles. The van der Waals surface area contributed by atoms with E-state index in [-0.39, 0.29) is 5.91 Å². The van der Waals surface area contributed by atoms with Crippen molar-refractivity contribution in [1.29, 1.82) is 0 Å². The quantitative estimate of drug-likeness (QED) is 0.743. The largest absolute Gasteiger partial charge is 0.328 e. The van der Waals surface area contributed by atoms with Gasteiger partial charge >= 0.3 is 0 Å². The Hall–Kier alpha value is -3.19. The first-order valence-corrected chi connectivity index (χ1v) is 8.37. The molecule has 4 rings (SSSR count). The minimum Gasteiger partial charge on any atom is -0.328 e. The molecule has 3 aromatic rings. The van der Waals surface area contributed by atoms with Crippen LogP contribution in [-0.2, 0) is 4.79 Å². The molecule has 1 aliphatic heterocycles. The van der Waals surface area contributed by atoms with Crippen molar-refractivity contribution in [3.63, 3.8) is 0 Å². The predicted octanol–water partition coefficient (Wildman–Crippen LogP) is 3.25. The van der Waals surface area contributed by atoms with Crippen molar-refractivity contribution in [1.82, 2.24) is 19.7 Å². The molecule has 0 saturated carbocycles. The Kier molecular flexibility index (Phi) is 4.14. The third-order valence-corrected chi connectivity index (χ3v) is 4.49. The number of rotatable bonds is 3. The molecular weight excluding hydrogens is 352 g/mol. The average Bonchev–Trinajstić information content (AvgIpc) is 3.10. The van der Waals surface area contributed by atoms with Crippen LogP contribution >= 0.6 is 11.6 Å². The fourth-order valence-electron chi connectivity index (χ4n) is 2.99. The topological polar surface area (TPSA) is 84.7 Å². The lowest BCUT2D eigenvalue weighted by Crippen LogP contribution is -2.31. The van der Waals surface area contributed by atoms with E-state index in [0.717, 1.165) is 5.56 Å². The minimum absolute atomic E-state index is 0.278. The molecule has 1 atom stereocenters. The van der Waals surface area contributed by atoms with E-state index in [1.807, 2.05) is 31.2 Å². The van der Waals surface area contributed by atoms with E-state index in [2.05, 4.69) is 25.7 Å². The molecule has 0 aliphatic carbocycles. The van der Waals surface area contributed by atoms with E-state index in [1.165, 1.54) is 6.33 Å². The zero-order valence-corrected chi connectivity index (χ0v) is 14.6. The molecule has 0 bridgehead atoms. The van der Waals surface area contributed by atoms with E-state index in [4.69, 9.17) is 11.6 Å². The second-order valence-electron chi connectivity index (χ2n) is 5.79. The van der Waals surface area contributed by atoms with Crippen LogP contribution in [0.1, 0.15) is 18.5 Å². The summed E-state index contributed by atoms with van der Waals surface area (Å²) in [6, 6.07) is 12.2. The van der Waals surface area contributed by atoms with Gasteiger partial charge in [0, 0.05) is 22.5 Å². The van der Waals surface area contributed by atoms with Gasteiger partial charge in [-0.1, -0.05) is 35.9 Å². The first-order valence-electron chi connectivity index (χ1n) is 7.99. The van der Waals surface area contributed by atoms with Gasteiger partial charge < -0.3 is 10.6 Å². The van der Waals surface area contributed by atoms with Gasteiger partial charge in [-0.25, -0.2) is 9.67 Å². The smallest absolute Gasteiger partial charge is 0.257 e. The second kappa shape index (κ2) is 6.61. The molecule has 1 aliphatic rings. The normalized spacial score (nSPS) is 16.0. The molecule has 1 amide bonds. The lowest BCUT2D eigenvalue weighted by atomic mass is 9.95. The number of anilines is 2. The zero-order valence-electron chi connectivity index (χ0n) is 13.8. The maximum atomic E-state index is 13.1. The van der Waals surface area contributed by atoms with Crippen molar-refractivity contribution in [2.75, 3.05) is 10.6 Å². The minimum atomic E-state index is -0.494. The van der Waals surface area contributed by atoms with Crippen molar-refractivity contribution in [3.05, 3.63) is 76.8 Å². The highest BCUT2D eigenvalue weighted by Crippen LogP contribution is 2.37. The molecule has 1 aromatic carbocycles. The number of nitrogens with zero attached hydrogens (tertiary/aromatic N) is 4. The molecule has 7 nitrogen and oxygen atoms in total. The lowest BCUT2D eigenvalue weighted by Gasteiger charge is -2.29. The Morgan fingerprint density at radius 3 is 2.77 bits per heavy atom. The second-order valence-corrected chi connectivity index (χ2v) is 6.19. The van der Waals surface area contributed by atoms with Crippen LogP contribution in [-0.4, -0.2) is 25.7 Å². The van der Waals surface area contributed by atoms with E-state index < -0.39 is 6.04 Å². The van der Waals surface area contributed by atoms with Crippen molar-refractivity contribution in [2.45, 2.75) is 13.0 Å². The number of nitrogens with one attached hydrogen (secondary N) is 2. The van der Waals surface area contributed by atoms with Gasteiger partial charge in [-0.3, -0.25) is 4.79 Å². The number of pyridine rings is 1. The molecule has 0 saturated heterocycles. The van der Waals surface area contributed by atoms with Crippen molar-refractivity contribution in [3.8, 4) is 0 Å². The van der Waals surface area contributed by atoms with Crippen molar-refractivity contribution >= 4 is 29.3 Å². The Morgan fingerprint density at radius 2 is 2.00 bits per heavy atom. The number of hydrogen-bond donors (Lipinski definition) is 2. The van der Waals surface area contributed by atoms with Gasteiger partial charge in [0.15, 0.2) is 0 Å². The summed E-state index contributed by atoms with van der Waals surface area (Å²) in [4.78, 5) is 21.4. The molecule has 0 fully saturated rings. The monoisotopic (exact) mass is 366 g/mol. The van der Waals surface area contributed by atoms with Crippen LogP contribution in [0.25, 0.3) is 0 Å². The highest BCUT2D eigenvalue weighted by molar-refractivity contribution is 6.31. The number of carbonyl (C=O) groups excluding carboxylic acids is 1. The number of aromatic nitrogens is 4. The molecule has 0 unspecified atom stereocenters. The highest BCUT2D eigenvalue weighted by atomic mass is 35.5. The van der Waals surface area contributed by atoms with Gasteiger partial charge in [0.05, 0.1) is 5.57 Å². The third kappa shape index (κ3) is 2.82. The summed E-state index contributed by atoms with van der Waals surface area (Å²) in [6.07, 6.45) is 3.07. The van der Waals surface area contributed by atoms with Crippen molar-refractivity contribution < 1.29 is 4.79 Å². The van der Waals surface area contributed by atoms with Gasteiger partial charge in [-0.15, -0.1) is 0 Å². The number of benzene rings is 1. The van der Waals surface area contributed by atoms with E-state index in [9.17, 15) is 4.79 Å². The van der Waals surface area contributed by atoms with Gasteiger partial charge in [0.25, 0.3) is 5.91 Å². The van der Waals surface area contributed by atoms with Gasteiger partial charge in [-0.2, -0.15) is 10.1 Å². The molecule has 130 valence electrons. The van der Waals surface area contributed by atoms with Gasteiger partial charge in [0.1, 0.15) is 18.2 Å². The predicted molar refractivity (Wildman–Crippen MR) is 98.8 cm³/mol. The summed E-state index contributed by atoms with van der Waals surface area (Å²) in [6.45, 7) is 1.83. The summed E-state index contributed by atoms with van der Waals surface area (Å²) in [7, 11) is 0. The number of allylic oxidation sites excluding steroid dienone is 1. The summed E-state index contributed by atoms with van der Waals surface area (Å²) < 4.78 is 1.65. The summed E-state index contributed by atoms with van der Waals surface area (Å²) >= 11 is 6.42. The highest BCUT2D eigenvalue weighted by Gasteiger charge is 2.34. The maximum Gasteiger partial charge on any atom is 0.257 e. The summed E-state index contributed by atoms with van der Waals surface area (Å²) in [5.41, 5.74) is 1.96. The fraction of sp³-hybridized carbons (Fsp3) is 0.111. The number of carbonyl (C=O) groups is 1. The molecule has 26 heavy (non-hydrogen) atoms. The van der Waals surface area contributed by atoms with E-state index in [0.29, 0.717) is 28.1 Å². The number of hydrogen-bond acceptors (Lipinski definition) is 5. The fourth-order valence-corrected chi connectivity index (χ4v) is 3.23. The summed E-state index contributed by atoms with van der Waals surface area (Å²) in [5.74, 6) is 0.752. The number of fused-ring (bicyclic) bond motifs is 1. The SMILES string of the molecule is CC1=C(C(=O)Nc2ccccn2)[C@@H](c2ccccc2Cl)n2ncnc2N1. The van der Waals surface area contributed by atoms with Gasteiger partial charge in [-0.05, 0) is 25.1 Å². The Bertz CT molecular complexity index is 998. The lowest BCUT2D eigenvalue weighted by molar-refractivity contribution is -0.113.